The van der Waals surface area contributed by atoms with Crippen molar-refractivity contribution in [2.75, 3.05) is 0 Å². The smallest absolute Gasteiger partial charge is 0.159 e. The topological polar surface area (TPSA) is 0 Å². The van der Waals surface area contributed by atoms with Crippen LogP contribution in [0.3, 0.4) is 0 Å². The summed E-state index contributed by atoms with van der Waals surface area (Å²) >= 11 is 0. The minimum atomic E-state index is -0.797. The van der Waals surface area contributed by atoms with E-state index >= 15 is 0 Å². The molecule has 2 aromatic carbocycles. The standard InChI is InChI=1S/C25H32F2/c1-17(2)4-5-18(3)19-6-8-20(9-7-19)21-10-12-22(13-11-21)23-14-15-24(26)25(27)16-23/h10-20H,4-9H2,1-3H3. The molecule has 0 spiro atoms. The highest BCUT2D eigenvalue weighted by Crippen LogP contribution is 2.40. The Kier molecular flexibility index (Phi) is 6.68. The fourth-order valence-corrected chi connectivity index (χ4v) is 4.48. The van der Waals surface area contributed by atoms with Crippen LogP contribution in [-0.4, -0.2) is 0 Å². The average Bonchev–Trinajstić information content (AvgIpc) is 2.68. The van der Waals surface area contributed by atoms with E-state index in [1.807, 2.05) is 12.1 Å². The van der Waals surface area contributed by atoms with Crippen LogP contribution in [0.15, 0.2) is 42.5 Å². The summed E-state index contributed by atoms with van der Waals surface area (Å²) in [5.41, 5.74) is 3.05. The molecule has 2 heteroatoms. The van der Waals surface area contributed by atoms with Crippen LogP contribution in [0.25, 0.3) is 11.1 Å². The molecule has 1 saturated carbocycles. The van der Waals surface area contributed by atoms with E-state index in [1.165, 1.54) is 56.2 Å². The molecule has 3 rings (SSSR count). The Morgan fingerprint density at radius 2 is 1.41 bits per heavy atom. The summed E-state index contributed by atoms with van der Waals surface area (Å²) in [5, 5.41) is 0. The van der Waals surface area contributed by atoms with Gasteiger partial charge in [0.1, 0.15) is 0 Å². The molecular formula is C25H32F2. The molecule has 2 aromatic rings. The number of benzene rings is 2. The first kappa shape index (κ1) is 20.0. The lowest BCUT2D eigenvalue weighted by Crippen LogP contribution is -2.19. The average molecular weight is 371 g/mol. The van der Waals surface area contributed by atoms with Crippen molar-refractivity contribution in [3.8, 4) is 11.1 Å². The van der Waals surface area contributed by atoms with E-state index in [0.717, 1.165) is 28.9 Å². The molecule has 0 heterocycles. The van der Waals surface area contributed by atoms with Crippen molar-refractivity contribution in [1.29, 1.82) is 0 Å². The SMILES string of the molecule is CC(C)CCC(C)C1CCC(c2ccc(-c3ccc(F)c(F)c3)cc2)CC1. The molecule has 0 aromatic heterocycles. The second-order valence-electron chi connectivity index (χ2n) is 8.81. The molecule has 1 atom stereocenters. The second kappa shape index (κ2) is 8.99. The summed E-state index contributed by atoms with van der Waals surface area (Å²) < 4.78 is 26.6. The van der Waals surface area contributed by atoms with Crippen molar-refractivity contribution in [3.05, 3.63) is 59.7 Å². The van der Waals surface area contributed by atoms with Gasteiger partial charge in [0.25, 0.3) is 0 Å². The molecule has 0 saturated heterocycles. The first-order chi connectivity index (χ1) is 12.9. The van der Waals surface area contributed by atoms with Gasteiger partial charge in [-0.2, -0.15) is 0 Å². The third kappa shape index (κ3) is 5.18. The summed E-state index contributed by atoms with van der Waals surface area (Å²) in [4.78, 5) is 0. The molecule has 146 valence electrons. The lowest BCUT2D eigenvalue weighted by atomic mass is 9.73. The van der Waals surface area contributed by atoms with Crippen LogP contribution in [0, 0.1) is 29.4 Å². The molecular weight excluding hydrogens is 338 g/mol. The maximum absolute atomic E-state index is 13.5. The Bertz CT molecular complexity index is 724. The summed E-state index contributed by atoms with van der Waals surface area (Å²) in [6, 6.07) is 12.5. The first-order valence-corrected chi connectivity index (χ1v) is 10.5. The van der Waals surface area contributed by atoms with Gasteiger partial charge in [-0.05, 0) is 78.2 Å². The van der Waals surface area contributed by atoms with Gasteiger partial charge in [-0.25, -0.2) is 8.78 Å². The van der Waals surface area contributed by atoms with Crippen LogP contribution >= 0.6 is 0 Å². The Balaban J connectivity index is 1.58. The summed E-state index contributed by atoms with van der Waals surface area (Å²) in [7, 11) is 0. The predicted octanol–water partition coefficient (Wildman–Crippen LogP) is 7.98. The van der Waals surface area contributed by atoms with Gasteiger partial charge in [0.05, 0.1) is 0 Å². The molecule has 1 unspecified atom stereocenters. The van der Waals surface area contributed by atoms with Crippen molar-refractivity contribution in [1.82, 2.24) is 0 Å². The number of hydrogen-bond donors (Lipinski definition) is 0. The zero-order chi connectivity index (χ0) is 19.4. The van der Waals surface area contributed by atoms with E-state index in [2.05, 4.69) is 32.9 Å². The quantitative estimate of drug-likeness (QED) is 0.483. The fraction of sp³-hybridized carbons (Fsp3) is 0.520. The Morgan fingerprint density at radius 3 is 2.00 bits per heavy atom. The second-order valence-corrected chi connectivity index (χ2v) is 8.81. The van der Waals surface area contributed by atoms with Crippen LogP contribution in [0.4, 0.5) is 8.78 Å². The lowest BCUT2D eigenvalue weighted by molar-refractivity contribution is 0.227. The van der Waals surface area contributed by atoms with Gasteiger partial charge >= 0.3 is 0 Å². The minimum absolute atomic E-state index is 0.637. The Morgan fingerprint density at radius 1 is 0.778 bits per heavy atom. The molecule has 0 bridgehead atoms. The Labute approximate surface area is 163 Å². The zero-order valence-electron chi connectivity index (χ0n) is 16.8. The highest BCUT2D eigenvalue weighted by Gasteiger charge is 2.26. The van der Waals surface area contributed by atoms with Gasteiger partial charge < -0.3 is 0 Å². The molecule has 27 heavy (non-hydrogen) atoms. The van der Waals surface area contributed by atoms with E-state index in [9.17, 15) is 8.78 Å². The minimum Gasteiger partial charge on any atom is -0.204 e. The molecule has 0 N–H and O–H groups in total. The van der Waals surface area contributed by atoms with E-state index in [-0.39, 0.29) is 0 Å². The van der Waals surface area contributed by atoms with E-state index < -0.39 is 11.6 Å². The third-order valence-electron chi connectivity index (χ3n) is 6.41. The van der Waals surface area contributed by atoms with Crippen LogP contribution in [0.2, 0.25) is 0 Å². The maximum Gasteiger partial charge on any atom is 0.159 e. The van der Waals surface area contributed by atoms with Crippen LogP contribution in [0.5, 0.6) is 0 Å². The van der Waals surface area contributed by atoms with E-state index in [0.29, 0.717) is 5.92 Å². The van der Waals surface area contributed by atoms with Gasteiger partial charge in [-0.1, -0.05) is 63.9 Å². The molecule has 0 radical (unpaired) electrons. The van der Waals surface area contributed by atoms with Crippen molar-refractivity contribution in [2.45, 2.75) is 65.2 Å². The number of rotatable bonds is 6. The van der Waals surface area contributed by atoms with Crippen molar-refractivity contribution < 1.29 is 8.78 Å². The molecule has 0 nitrogen and oxygen atoms in total. The van der Waals surface area contributed by atoms with Gasteiger partial charge in [-0.15, -0.1) is 0 Å². The molecule has 1 fully saturated rings. The molecule has 0 amide bonds. The number of halogens is 2. The van der Waals surface area contributed by atoms with E-state index in [1.54, 1.807) is 6.07 Å². The third-order valence-corrected chi connectivity index (χ3v) is 6.41. The van der Waals surface area contributed by atoms with Crippen molar-refractivity contribution in [3.63, 3.8) is 0 Å². The van der Waals surface area contributed by atoms with Crippen LogP contribution in [0.1, 0.15) is 70.8 Å². The highest BCUT2D eigenvalue weighted by molar-refractivity contribution is 5.63. The van der Waals surface area contributed by atoms with Gasteiger partial charge in [0.2, 0.25) is 0 Å². The monoisotopic (exact) mass is 370 g/mol. The van der Waals surface area contributed by atoms with Gasteiger partial charge in [0, 0.05) is 0 Å². The van der Waals surface area contributed by atoms with Crippen LogP contribution < -0.4 is 0 Å². The lowest BCUT2D eigenvalue weighted by Gasteiger charge is -2.33. The Hall–Kier alpha value is -1.70. The van der Waals surface area contributed by atoms with Crippen LogP contribution in [-0.2, 0) is 0 Å². The van der Waals surface area contributed by atoms with Gasteiger partial charge in [-0.3, -0.25) is 0 Å². The molecule has 0 aliphatic heterocycles. The summed E-state index contributed by atoms with van der Waals surface area (Å²) in [6.07, 6.45) is 7.88. The normalized spacial score (nSPS) is 21.4. The molecule has 1 aliphatic rings. The van der Waals surface area contributed by atoms with Crippen molar-refractivity contribution >= 4 is 0 Å². The zero-order valence-corrected chi connectivity index (χ0v) is 16.8. The predicted molar refractivity (Wildman–Crippen MR) is 110 cm³/mol. The van der Waals surface area contributed by atoms with Gasteiger partial charge in [0.15, 0.2) is 11.6 Å². The summed E-state index contributed by atoms with van der Waals surface area (Å²) in [5.74, 6) is 1.57. The molecule has 1 aliphatic carbocycles. The van der Waals surface area contributed by atoms with E-state index in [4.69, 9.17) is 0 Å². The first-order valence-electron chi connectivity index (χ1n) is 10.5. The number of hydrogen-bond acceptors (Lipinski definition) is 0. The van der Waals surface area contributed by atoms with Crippen molar-refractivity contribution in [2.24, 2.45) is 17.8 Å². The fourth-order valence-electron chi connectivity index (χ4n) is 4.48. The highest BCUT2D eigenvalue weighted by atomic mass is 19.2. The maximum atomic E-state index is 13.5. The largest absolute Gasteiger partial charge is 0.204 e. The summed E-state index contributed by atoms with van der Waals surface area (Å²) in [6.45, 7) is 7.06.